The first-order valence-electron chi connectivity index (χ1n) is 6.39. The molecular formula is C12H18FNO8. The topological polar surface area (TPSA) is 123 Å². The molecule has 1 rings (SSSR count). The predicted octanol–water partition coefficient (Wildman–Crippen LogP) is -0.634. The molecule has 0 aromatic rings. The Bertz CT molecular complexity index is 431. The zero-order valence-corrected chi connectivity index (χ0v) is 12.3. The summed E-state index contributed by atoms with van der Waals surface area (Å²) in [5.74, 6) is 2.83. The smallest absolute Gasteiger partial charge is 0.303 e. The molecular weight excluding hydrogens is 305 g/mol. The summed E-state index contributed by atoms with van der Waals surface area (Å²) in [6.07, 6.45) is -7.51. The van der Waals surface area contributed by atoms with E-state index in [2.05, 4.69) is 9.57 Å². The van der Waals surface area contributed by atoms with Crippen molar-refractivity contribution in [1.29, 1.82) is 0 Å². The summed E-state index contributed by atoms with van der Waals surface area (Å²) in [4.78, 5) is 37.5. The van der Waals surface area contributed by atoms with Crippen molar-refractivity contribution < 1.29 is 42.6 Å². The Hall–Kier alpha value is -1.78. The molecule has 1 saturated heterocycles. The summed E-state index contributed by atoms with van der Waals surface area (Å²) in [7, 11) is 0. The lowest BCUT2D eigenvalue weighted by Gasteiger charge is -2.40. The van der Waals surface area contributed by atoms with E-state index in [4.69, 9.17) is 20.1 Å². The van der Waals surface area contributed by atoms with Crippen molar-refractivity contribution in [2.45, 2.75) is 51.5 Å². The molecule has 10 heteroatoms. The minimum absolute atomic E-state index is 0.444. The van der Waals surface area contributed by atoms with Crippen LogP contribution in [0.5, 0.6) is 0 Å². The summed E-state index contributed by atoms with van der Waals surface area (Å²) >= 11 is 0. The molecule has 0 bridgehead atoms. The Balaban J connectivity index is 2.95. The van der Waals surface area contributed by atoms with Crippen molar-refractivity contribution in [1.82, 2.24) is 0 Å². The average Bonchev–Trinajstić information content (AvgIpc) is 2.41. The van der Waals surface area contributed by atoms with Crippen LogP contribution in [0.4, 0.5) is 4.39 Å². The summed E-state index contributed by atoms with van der Waals surface area (Å²) in [6.45, 7) is 2.84. The molecule has 0 spiro atoms. The largest absolute Gasteiger partial charge is 0.463 e. The molecule has 0 saturated carbocycles. The second-order valence-electron chi connectivity index (χ2n) is 4.57. The van der Waals surface area contributed by atoms with Crippen molar-refractivity contribution in [3.63, 3.8) is 0 Å². The lowest BCUT2D eigenvalue weighted by molar-refractivity contribution is -0.298. The van der Waals surface area contributed by atoms with E-state index in [1.807, 2.05) is 0 Å². The Labute approximate surface area is 125 Å². The molecule has 5 atom stereocenters. The Morgan fingerprint density at radius 2 is 1.59 bits per heavy atom. The van der Waals surface area contributed by atoms with E-state index in [-0.39, 0.29) is 0 Å². The Morgan fingerprint density at radius 3 is 2.05 bits per heavy atom. The van der Waals surface area contributed by atoms with Gasteiger partial charge < -0.3 is 18.9 Å². The standard InChI is InChI=1S/C12H18FNO8/c1-5(15)18-4-8-9(13)10(19-6(2)16)11(20-7(3)17)12(21-8)22-14/h8-12H,4,14H2,1-3H3/t8?,9-,10-,11+,12-/m0/s1. The number of esters is 3. The fourth-order valence-corrected chi connectivity index (χ4v) is 1.95. The molecule has 1 unspecified atom stereocenters. The maximum Gasteiger partial charge on any atom is 0.303 e. The van der Waals surface area contributed by atoms with E-state index in [9.17, 15) is 18.8 Å². The predicted molar refractivity (Wildman–Crippen MR) is 66.6 cm³/mol. The SMILES string of the molecule is CC(=O)OCC1O[C@@H](ON)[C@H](OC(C)=O)[C@@H](OC(C)=O)[C@H]1F. The van der Waals surface area contributed by atoms with Gasteiger partial charge in [0.2, 0.25) is 6.29 Å². The van der Waals surface area contributed by atoms with Gasteiger partial charge in [0, 0.05) is 20.8 Å². The second-order valence-corrected chi connectivity index (χ2v) is 4.57. The minimum Gasteiger partial charge on any atom is -0.463 e. The van der Waals surface area contributed by atoms with Crippen LogP contribution < -0.4 is 5.90 Å². The molecule has 1 fully saturated rings. The van der Waals surface area contributed by atoms with Gasteiger partial charge in [-0.1, -0.05) is 0 Å². The van der Waals surface area contributed by atoms with Crippen molar-refractivity contribution in [3.05, 3.63) is 0 Å². The highest BCUT2D eigenvalue weighted by molar-refractivity contribution is 5.67. The molecule has 22 heavy (non-hydrogen) atoms. The van der Waals surface area contributed by atoms with Gasteiger partial charge in [-0.25, -0.2) is 10.3 Å². The van der Waals surface area contributed by atoms with Crippen molar-refractivity contribution >= 4 is 17.9 Å². The fraction of sp³-hybridized carbons (Fsp3) is 0.750. The van der Waals surface area contributed by atoms with Crippen molar-refractivity contribution in [2.24, 2.45) is 5.90 Å². The van der Waals surface area contributed by atoms with E-state index >= 15 is 0 Å². The van der Waals surface area contributed by atoms with Gasteiger partial charge in [-0.15, -0.1) is 0 Å². The zero-order valence-electron chi connectivity index (χ0n) is 12.3. The molecule has 0 aromatic carbocycles. The first-order chi connectivity index (χ1) is 10.3. The average molecular weight is 323 g/mol. The van der Waals surface area contributed by atoms with Crippen LogP contribution in [-0.2, 0) is 38.2 Å². The van der Waals surface area contributed by atoms with Gasteiger partial charge in [0.05, 0.1) is 0 Å². The number of ether oxygens (including phenoxy) is 4. The Kier molecular flexibility index (Phi) is 6.65. The highest BCUT2D eigenvalue weighted by atomic mass is 19.1. The molecule has 1 aliphatic heterocycles. The molecule has 1 aliphatic rings. The van der Waals surface area contributed by atoms with E-state index < -0.39 is 55.3 Å². The van der Waals surface area contributed by atoms with Gasteiger partial charge >= 0.3 is 17.9 Å². The van der Waals surface area contributed by atoms with Crippen molar-refractivity contribution in [2.75, 3.05) is 6.61 Å². The van der Waals surface area contributed by atoms with E-state index in [1.54, 1.807) is 0 Å². The quantitative estimate of drug-likeness (QED) is 0.400. The number of alkyl halides is 1. The monoisotopic (exact) mass is 323 g/mol. The molecule has 2 N–H and O–H groups in total. The molecule has 0 radical (unpaired) electrons. The number of carbonyl (C=O) groups is 3. The van der Waals surface area contributed by atoms with Crippen LogP contribution in [0.15, 0.2) is 0 Å². The van der Waals surface area contributed by atoms with Crippen LogP contribution in [-0.4, -0.2) is 55.3 Å². The maximum absolute atomic E-state index is 14.5. The molecule has 1 heterocycles. The number of hydrogen-bond donors (Lipinski definition) is 1. The van der Waals surface area contributed by atoms with Gasteiger partial charge in [-0.2, -0.15) is 0 Å². The van der Waals surface area contributed by atoms with E-state index in [0.717, 1.165) is 20.8 Å². The van der Waals surface area contributed by atoms with Gasteiger partial charge in [-0.3, -0.25) is 19.2 Å². The number of hydrogen-bond acceptors (Lipinski definition) is 9. The zero-order chi connectivity index (χ0) is 16.9. The number of carbonyl (C=O) groups excluding carboxylic acids is 3. The summed E-state index contributed by atoms with van der Waals surface area (Å²) < 4.78 is 34.0. The lowest BCUT2D eigenvalue weighted by atomic mass is 10.00. The van der Waals surface area contributed by atoms with Crippen LogP contribution in [0.2, 0.25) is 0 Å². The van der Waals surface area contributed by atoms with Crippen molar-refractivity contribution in [3.8, 4) is 0 Å². The summed E-state index contributed by atoms with van der Waals surface area (Å²) in [6, 6.07) is 0. The molecule has 9 nitrogen and oxygen atoms in total. The molecule has 126 valence electrons. The molecule has 0 aliphatic carbocycles. The van der Waals surface area contributed by atoms with E-state index in [1.165, 1.54) is 0 Å². The first kappa shape index (κ1) is 18.3. The third kappa shape index (κ3) is 4.90. The third-order valence-corrected chi connectivity index (χ3v) is 2.76. The second kappa shape index (κ2) is 8.01. The first-order valence-corrected chi connectivity index (χ1v) is 6.39. The summed E-state index contributed by atoms with van der Waals surface area (Å²) in [5, 5.41) is 0. The lowest BCUT2D eigenvalue weighted by Crippen LogP contribution is -2.60. The Morgan fingerprint density at radius 1 is 1.05 bits per heavy atom. The minimum atomic E-state index is -1.92. The highest BCUT2D eigenvalue weighted by Crippen LogP contribution is 2.28. The number of nitrogens with two attached hydrogens (primary N) is 1. The highest BCUT2D eigenvalue weighted by Gasteiger charge is 2.51. The molecule has 0 amide bonds. The van der Waals surface area contributed by atoms with Gasteiger partial charge in [-0.05, 0) is 0 Å². The van der Waals surface area contributed by atoms with Crippen LogP contribution in [0.3, 0.4) is 0 Å². The van der Waals surface area contributed by atoms with Gasteiger partial charge in [0.1, 0.15) is 12.7 Å². The molecule has 0 aromatic heterocycles. The van der Waals surface area contributed by atoms with Crippen LogP contribution in [0.25, 0.3) is 0 Å². The number of halogens is 1. The number of rotatable bonds is 5. The van der Waals surface area contributed by atoms with Crippen LogP contribution in [0, 0.1) is 0 Å². The van der Waals surface area contributed by atoms with Crippen LogP contribution >= 0.6 is 0 Å². The maximum atomic E-state index is 14.5. The third-order valence-electron chi connectivity index (χ3n) is 2.76. The van der Waals surface area contributed by atoms with E-state index in [0.29, 0.717) is 0 Å². The fourth-order valence-electron chi connectivity index (χ4n) is 1.95. The van der Waals surface area contributed by atoms with Crippen LogP contribution in [0.1, 0.15) is 20.8 Å². The van der Waals surface area contributed by atoms with Gasteiger partial charge in [0.15, 0.2) is 18.4 Å². The normalized spacial score (nSPS) is 31.2. The summed E-state index contributed by atoms with van der Waals surface area (Å²) in [5.41, 5.74) is 0. The van der Waals surface area contributed by atoms with Gasteiger partial charge in [0.25, 0.3) is 0 Å².